The molecule has 1 unspecified atom stereocenters. The molecule has 2 N–H and O–H groups in total. The van der Waals surface area contributed by atoms with Crippen LogP contribution >= 0.6 is 0 Å². The van der Waals surface area contributed by atoms with Gasteiger partial charge in [-0.3, -0.25) is 24.5 Å². The average Bonchev–Trinajstić information content (AvgIpc) is 3.12. The average molecular weight is 740 g/mol. The first-order valence-corrected chi connectivity index (χ1v) is 16.9. The summed E-state index contributed by atoms with van der Waals surface area (Å²) in [6, 6.07) is 9.14. The predicted octanol–water partition coefficient (Wildman–Crippen LogP) is 3.50. The molecule has 1 heterocycles. The highest BCUT2D eigenvalue weighted by Crippen LogP contribution is 2.29. The second-order valence-electron chi connectivity index (χ2n) is 11.9. The number of nitro groups is 1. The molecule has 2 aromatic carbocycles. The third-order valence-corrected chi connectivity index (χ3v) is 7.88. The number of non-ortho nitro benzene ring substituents is 1. The molecule has 0 saturated carbocycles. The van der Waals surface area contributed by atoms with E-state index in [1.165, 1.54) is 44.4 Å². The number of nitrogens with zero attached hydrogens (tertiary/aromatic N) is 1. The first-order valence-electron chi connectivity index (χ1n) is 16.9. The van der Waals surface area contributed by atoms with E-state index in [0.29, 0.717) is 5.56 Å². The van der Waals surface area contributed by atoms with Crippen LogP contribution in [0.2, 0.25) is 0 Å². The highest BCUT2D eigenvalue weighted by Gasteiger charge is 2.37. The second-order valence-corrected chi connectivity index (χ2v) is 11.9. The van der Waals surface area contributed by atoms with Gasteiger partial charge in [0.25, 0.3) is 11.6 Å². The Morgan fingerprint density at radius 3 is 2.51 bits per heavy atom. The van der Waals surface area contributed by atoms with E-state index in [-0.39, 0.29) is 73.9 Å². The van der Waals surface area contributed by atoms with Crippen molar-refractivity contribution >= 4 is 35.6 Å². The maximum atomic E-state index is 13.5. The Hall–Kier alpha value is -5.73. The summed E-state index contributed by atoms with van der Waals surface area (Å²) in [5.41, 5.74) is 0.146. The van der Waals surface area contributed by atoms with Crippen molar-refractivity contribution in [1.82, 2.24) is 10.6 Å². The second kappa shape index (κ2) is 20.3. The summed E-state index contributed by atoms with van der Waals surface area (Å²) in [5.74, 6) is 3.87. The van der Waals surface area contributed by atoms with Gasteiger partial charge in [0.15, 0.2) is 6.10 Å². The molecule has 1 aliphatic carbocycles. The normalized spacial score (nSPS) is 19.4. The molecule has 4 atom stereocenters. The lowest BCUT2D eigenvalue weighted by atomic mass is 10.0. The molecular weight excluding hydrogens is 698 g/mol. The number of rotatable bonds is 15. The summed E-state index contributed by atoms with van der Waals surface area (Å²) in [7, 11) is 1.19. The smallest absolute Gasteiger partial charge is 0.467 e. The molecule has 0 aromatic heterocycles. The van der Waals surface area contributed by atoms with E-state index < -0.39 is 47.4 Å². The maximum absolute atomic E-state index is 13.5. The first-order chi connectivity index (χ1) is 25.5. The molecule has 1 saturated heterocycles. The summed E-state index contributed by atoms with van der Waals surface area (Å²) in [6.07, 6.45) is 0.337. The molecule has 17 nitrogen and oxygen atoms in total. The van der Waals surface area contributed by atoms with Crippen molar-refractivity contribution in [2.45, 2.75) is 83.1 Å². The minimum Gasteiger partial charge on any atom is -0.467 e. The molecule has 53 heavy (non-hydrogen) atoms. The molecule has 4 rings (SSSR count). The Morgan fingerprint density at radius 2 is 1.77 bits per heavy atom. The number of hydrogen-bond acceptors (Lipinski definition) is 14. The lowest BCUT2D eigenvalue weighted by Crippen LogP contribution is -2.44. The SMILES string of the molecule is COC(=O)[C@@H]1C[C@H](OC(C)=O)C[C@H](Oc2ccc(COC(=O)Oc3ccc([N+](=O)[O-])cc3)cc2C(=O)NCCNC(=O)COC2C#CCCCCC2)O1. The molecule has 17 heteroatoms. The third-order valence-electron chi connectivity index (χ3n) is 7.88. The van der Waals surface area contributed by atoms with Crippen molar-refractivity contribution in [1.29, 1.82) is 0 Å². The number of methoxy groups -OCH3 is 1. The van der Waals surface area contributed by atoms with Gasteiger partial charge in [-0.1, -0.05) is 18.4 Å². The van der Waals surface area contributed by atoms with Gasteiger partial charge in [0.1, 0.15) is 36.9 Å². The van der Waals surface area contributed by atoms with Gasteiger partial charge in [0.2, 0.25) is 12.2 Å². The number of carbonyl (C=O) groups excluding carboxylic acids is 5. The number of nitro benzene ring substituents is 1. The van der Waals surface area contributed by atoms with E-state index in [1.54, 1.807) is 0 Å². The number of amides is 2. The van der Waals surface area contributed by atoms with Crippen molar-refractivity contribution in [3.05, 3.63) is 63.7 Å². The van der Waals surface area contributed by atoms with Crippen LogP contribution in [0, 0.1) is 22.0 Å². The van der Waals surface area contributed by atoms with Crippen molar-refractivity contribution in [3.63, 3.8) is 0 Å². The molecule has 0 radical (unpaired) electrons. The van der Waals surface area contributed by atoms with Crippen LogP contribution in [-0.4, -0.2) is 86.2 Å². The van der Waals surface area contributed by atoms with Crippen LogP contribution in [0.4, 0.5) is 10.5 Å². The van der Waals surface area contributed by atoms with Crippen molar-refractivity contribution < 1.29 is 62.1 Å². The van der Waals surface area contributed by atoms with Gasteiger partial charge in [0.05, 0.1) is 17.6 Å². The van der Waals surface area contributed by atoms with Crippen LogP contribution in [0.25, 0.3) is 0 Å². The highest BCUT2D eigenvalue weighted by molar-refractivity contribution is 5.97. The standard InChI is InChI=1S/C36H41N3O14/c1-23(40)50-28-19-31(35(43)47-2)53-33(20-28)52-30-15-10-24(21-49-36(44)51-27-13-11-25(12-14-27)39(45)46)18-29(30)34(42)38-17-16-37-32(41)22-48-26-8-6-4-3-5-7-9-26/h10-15,18,26,28,31,33H,3-6,8,16-17,19-22H2,1-2H3,(H,37,41)(H,38,42)/t26?,28-,31-,33+/m0/s1. The van der Waals surface area contributed by atoms with E-state index in [0.717, 1.165) is 44.2 Å². The van der Waals surface area contributed by atoms with Crippen LogP contribution in [0.5, 0.6) is 11.5 Å². The fourth-order valence-corrected chi connectivity index (χ4v) is 5.33. The van der Waals surface area contributed by atoms with Gasteiger partial charge in [-0.15, -0.1) is 5.92 Å². The van der Waals surface area contributed by atoms with E-state index in [9.17, 15) is 34.1 Å². The molecule has 0 spiro atoms. The highest BCUT2D eigenvalue weighted by atomic mass is 16.7. The minimum atomic E-state index is -1.13. The number of carbonyl (C=O) groups is 5. The van der Waals surface area contributed by atoms with Crippen LogP contribution in [0.15, 0.2) is 42.5 Å². The van der Waals surface area contributed by atoms with Crippen molar-refractivity contribution in [3.8, 4) is 23.3 Å². The maximum Gasteiger partial charge on any atom is 0.514 e. The summed E-state index contributed by atoms with van der Waals surface area (Å²) >= 11 is 0. The van der Waals surface area contributed by atoms with E-state index in [4.69, 9.17) is 33.2 Å². The molecular formula is C36H41N3O14. The molecule has 1 aliphatic heterocycles. The fourth-order valence-electron chi connectivity index (χ4n) is 5.33. The van der Waals surface area contributed by atoms with Crippen molar-refractivity contribution in [2.75, 3.05) is 26.8 Å². The molecule has 2 aliphatic rings. The van der Waals surface area contributed by atoms with Gasteiger partial charge in [-0.2, -0.15) is 0 Å². The van der Waals surface area contributed by atoms with Gasteiger partial charge in [-0.25, -0.2) is 9.59 Å². The first kappa shape index (κ1) is 40.0. The topological polar surface area (TPSA) is 217 Å². The lowest BCUT2D eigenvalue weighted by Gasteiger charge is -2.33. The summed E-state index contributed by atoms with van der Waals surface area (Å²) < 4.78 is 37.8. The van der Waals surface area contributed by atoms with E-state index in [2.05, 4.69) is 22.5 Å². The van der Waals surface area contributed by atoms with Crippen LogP contribution in [0.3, 0.4) is 0 Å². The summed E-state index contributed by atoms with van der Waals surface area (Å²) in [6.45, 7) is 0.810. The zero-order valence-corrected chi connectivity index (χ0v) is 29.3. The fraction of sp³-hybridized carbons (Fsp3) is 0.472. The molecule has 2 aromatic rings. The Balaban J connectivity index is 1.40. The van der Waals surface area contributed by atoms with Crippen LogP contribution < -0.4 is 20.1 Å². The zero-order valence-electron chi connectivity index (χ0n) is 29.3. The Bertz CT molecular complexity index is 1690. The molecule has 284 valence electrons. The van der Waals surface area contributed by atoms with Crippen LogP contribution in [-0.2, 0) is 44.7 Å². The monoisotopic (exact) mass is 739 g/mol. The van der Waals surface area contributed by atoms with Gasteiger partial charge in [-0.05, 0) is 49.1 Å². The largest absolute Gasteiger partial charge is 0.514 e. The Kier molecular flexibility index (Phi) is 15.4. The number of nitrogens with one attached hydrogen (secondary N) is 2. The van der Waals surface area contributed by atoms with Gasteiger partial charge in [0, 0.05) is 51.4 Å². The quantitative estimate of drug-likeness (QED) is 0.0509. The Labute approximate surface area is 305 Å². The van der Waals surface area contributed by atoms with Gasteiger partial charge < -0.3 is 43.8 Å². The third kappa shape index (κ3) is 13.4. The van der Waals surface area contributed by atoms with E-state index in [1.807, 2.05) is 0 Å². The Morgan fingerprint density at radius 1 is 1.00 bits per heavy atom. The molecule has 1 fully saturated rings. The van der Waals surface area contributed by atoms with Gasteiger partial charge >= 0.3 is 18.1 Å². The van der Waals surface area contributed by atoms with Crippen LogP contribution in [0.1, 0.15) is 67.8 Å². The zero-order chi connectivity index (χ0) is 38.2. The molecule has 2 amide bonds. The summed E-state index contributed by atoms with van der Waals surface area (Å²) in [4.78, 5) is 72.4. The minimum absolute atomic E-state index is 0.0137. The van der Waals surface area contributed by atoms with Crippen molar-refractivity contribution in [2.24, 2.45) is 0 Å². The number of hydrogen-bond donors (Lipinski definition) is 2. The predicted molar refractivity (Wildman–Crippen MR) is 182 cm³/mol. The lowest BCUT2D eigenvalue weighted by molar-refractivity contribution is -0.384. The number of esters is 2. The number of ether oxygens (including phenoxy) is 7. The summed E-state index contributed by atoms with van der Waals surface area (Å²) in [5, 5.41) is 16.3. The number of benzene rings is 2. The molecule has 0 bridgehead atoms. The van der Waals surface area contributed by atoms with E-state index >= 15 is 0 Å².